The number of nitrogens with one attached hydrogen (secondary N) is 1. The van der Waals surface area contributed by atoms with Gasteiger partial charge in [-0.15, -0.1) is 11.3 Å². The highest BCUT2D eigenvalue weighted by atomic mass is 32.1. The first kappa shape index (κ1) is 21.6. The van der Waals surface area contributed by atoms with Gasteiger partial charge in [-0.1, -0.05) is 42.5 Å². The number of thiophene rings is 1. The van der Waals surface area contributed by atoms with Crippen molar-refractivity contribution in [2.75, 3.05) is 12.3 Å². The summed E-state index contributed by atoms with van der Waals surface area (Å²) in [6.45, 7) is 0.993. The lowest BCUT2D eigenvalue weighted by molar-refractivity contribution is -0.120. The lowest BCUT2D eigenvalue weighted by Gasteiger charge is -2.10. The number of carbonyl (C=O) groups is 1. The molecular formula is C25H22N6O2S. The number of nitrogens with two attached hydrogens (primary N) is 1. The van der Waals surface area contributed by atoms with Crippen LogP contribution in [0.3, 0.4) is 0 Å². The maximum absolute atomic E-state index is 12.4. The third-order valence-electron chi connectivity index (χ3n) is 5.45. The lowest BCUT2D eigenvalue weighted by Crippen LogP contribution is -2.28. The van der Waals surface area contributed by atoms with Gasteiger partial charge >= 0.3 is 0 Å². The molecule has 4 N–H and O–H groups in total. The van der Waals surface area contributed by atoms with Crippen molar-refractivity contribution in [1.82, 2.24) is 24.8 Å². The molecule has 2 aromatic carbocycles. The molecule has 3 aromatic heterocycles. The van der Waals surface area contributed by atoms with E-state index in [4.69, 9.17) is 10.7 Å². The van der Waals surface area contributed by atoms with Crippen molar-refractivity contribution in [2.24, 2.45) is 0 Å². The fourth-order valence-electron chi connectivity index (χ4n) is 3.79. The average molecular weight is 471 g/mol. The number of amides is 1. The summed E-state index contributed by atoms with van der Waals surface area (Å²) in [5, 5.41) is 13.2. The van der Waals surface area contributed by atoms with Crippen LogP contribution in [0, 0.1) is 0 Å². The van der Waals surface area contributed by atoms with Gasteiger partial charge in [0, 0.05) is 18.7 Å². The van der Waals surface area contributed by atoms with Crippen molar-refractivity contribution in [3.05, 3.63) is 78.9 Å². The van der Waals surface area contributed by atoms with Crippen LogP contribution >= 0.6 is 11.3 Å². The van der Waals surface area contributed by atoms with E-state index in [1.807, 2.05) is 41.0 Å². The van der Waals surface area contributed by atoms with E-state index in [1.165, 1.54) is 17.7 Å². The highest BCUT2D eigenvalue weighted by Crippen LogP contribution is 2.38. The molecule has 0 saturated carbocycles. The van der Waals surface area contributed by atoms with E-state index in [1.54, 1.807) is 30.6 Å². The Labute approximate surface area is 199 Å². The van der Waals surface area contributed by atoms with Gasteiger partial charge in [-0.25, -0.2) is 15.0 Å². The Bertz CT molecular complexity index is 1440. The van der Waals surface area contributed by atoms with Crippen LogP contribution < -0.4 is 11.1 Å². The molecule has 5 aromatic rings. The monoisotopic (exact) mass is 470 g/mol. The Morgan fingerprint density at radius 2 is 1.85 bits per heavy atom. The summed E-state index contributed by atoms with van der Waals surface area (Å²) < 4.78 is 2.04. The second-order valence-electron chi connectivity index (χ2n) is 7.78. The molecule has 0 spiro atoms. The minimum Gasteiger partial charge on any atom is -0.508 e. The SMILES string of the molecule is Nc1ncnc2sc(-c3c(-c4ccccc4)ncn3CCNC(=O)Cc3ccc(O)cc3)cc12. The zero-order chi connectivity index (χ0) is 23.5. The number of phenolic OH excluding ortho intramolecular Hbond substituents is 1. The van der Waals surface area contributed by atoms with E-state index >= 15 is 0 Å². The summed E-state index contributed by atoms with van der Waals surface area (Å²) in [7, 11) is 0. The van der Waals surface area contributed by atoms with Crippen LogP contribution in [0.5, 0.6) is 5.75 Å². The van der Waals surface area contributed by atoms with Crippen LogP contribution in [-0.2, 0) is 17.8 Å². The summed E-state index contributed by atoms with van der Waals surface area (Å²) in [4.78, 5) is 27.4. The first-order valence-electron chi connectivity index (χ1n) is 10.7. The molecule has 34 heavy (non-hydrogen) atoms. The predicted octanol–water partition coefficient (Wildman–Crippen LogP) is 3.87. The highest BCUT2D eigenvalue weighted by molar-refractivity contribution is 7.21. The van der Waals surface area contributed by atoms with E-state index in [0.29, 0.717) is 18.9 Å². The summed E-state index contributed by atoms with van der Waals surface area (Å²) in [5.41, 5.74) is 9.71. The number of aromatic nitrogens is 4. The van der Waals surface area contributed by atoms with Gasteiger partial charge in [0.05, 0.1) is 34.4 Å². The number of hydrogen-bond donors (Lipinski definition) is 3. The Kier molecular flexibility index (Phi) is 5.92. The number of carbonyl (C=O) groups excluding carboxylic acids is 1. The summed E-state index contributed by atoms with van der Waals surface area (Å²) in [6, 6.07) is 18.6. The molecule has 0 atom stereocenters. The maximum atomic E-state index is 12.4. The van der Waals surface area contributed by atoms with Gasteiger partial charge in [0.25, 0.3) is 0 Å². The first-order valence-corrected chi connectivity index (χ1v) is 11.6. The number of phenols is 1. The summed E-state index contributed by atoms with van der Waals surface area (Å²) >= 11 is 1.54. The number of fused-ring (bicyclic) bond motifs is 1. The predicted molar refractivity (Wildman–Crippen MR) is 133 cm³/mol. The van der Waals surface area contributed by atoms with Crippen molar-refractivity contribution in [2.45, 2.75) is 13.0 Å². The number of benzene rings is 2. The standard InChI is InChI=1S/C25H22N6O2S/c26-24-19-13-20(34-25(19)29-14-28-24)23-22(17-4-2-1-3-5-17)30-15-31(23)11-10-27-21(33)12-16-6-8-18(32)9-7-16/h1-9,13-15,32H,10-12H2,(H,27,33)(H2,26,28,29). The van der Waals surface area contributed by atoms with Crippen LogP contribution in [0.1, 0.15) is 5.56 Å². The van der Waals surface area contributed by atoms with E-state index in [-0.39, 0.29) is 18.1 Å². The van der Waals surface area contributed by atoms with Crippen LogP contribution in [0.15, 0.2) is 73.3 Å². The normalized spacial score (nSPS) is 11.1. The zero-order valence-corrected chi connectivity index (χ0v) is 19.0. The number of nitrogen functional groups attached to an aromatic ring is 1. The third-order valence-corrected chi connectivity index (χ3v) is 6.50. The van der Waals surface area contributed by atoms with Gasteiger partial charge in [-0.05, 0) is 23.8 Å². The van der Waals surface area contributed by atoms with Crippen molar-refractivity contribution >= 4 is 33.3 Å². The zero-order valence-electron chi connectivity index (χ0n) is 18.2. The molecular weight excluding hydrogens is 448 g/mol. The van der Waals surface area contributed by atoms with Crippen LogP contribution in [-0.4, -0.2) is 37.1 Å². The molecule has 9 heteroatoms. The van der Waals surface area contributed by atoms with Crippen molar-refractivity contribution < 1.29 is 9.90 Å². The van der Waals surface area contributed by atoms with E-state index in [9.17, 15) is 9.90 Å². The topological polar surface area (TPSA) is 119 Å². The van der Waals surface area contributed by atoms with Gasteiger partial charge in [0.1, 0.15) is 22.7 Å². The maximum Gasteiger partial charge on any atom is 0.224 e. The fourth-order valence-corrected chi connectivity index (χ4v) is 4.85. The average Bonchev–Trinajstić information content (AvgIpc) is 3.46. The molecule has 0 aliphatic rings. The van der Waals surface area contributed by atoms with Gasteiger partial charge in [-0.2, -0.15) is 0 Å². The molecule has 5 rings (SSSR count). The molecule has 0 aliphatic heterocycles. The fraction of sp³-hybridized carbons (Fsp3) is 0.120. The van der Waals surface area contributed by atoms with Crippen molar-refractivity contribution in [3.63, 3.8) is 0 Å². The molecule has 170 valence electrons. The van der Waals surface area contributed by atoms with Crippen LogP contribution in [0.2, 0.25) is 0 Å². The van der Waals surface area contributed by atoms with Gasteiger partial charge in [0.2, 0.25) is 5.91 Å². The summed E-state index contributed by atoms with van der Waals surface area (Å²) in [6.07, 6.45) is 3.51. The first-order chi connectivity index (χ1) is 16.6. The summed E-state index contributed by atoms with van der Waals surface area (Å²) in [5.74, 6) is 0.543. The molecule has 1 amide bonds. The number of imidazole rings is 1. The van der Waals surface area contributed by atoms with Crippen LogP contribution in [0.4, 0.5) is 5.82 Å². The minimum atomic E-state index is -0.0828. The van der Waals surface area contributed by atoms with Crippen molar-refractivity contribution in [1.29, 1.82) is 0 Å². The molecule has 3 heterocycles. The molecule has 0 aliphatic carbocycles. The van der Waals surface area contributed by atoms with E-state index in [2.05, 4.69) is 15.3 Å². The van der Waals surface area contributed by atoms with Gasteiger partial charge in [0.15, 0.2) is 0 Å². The molecule has 0 saturated heterocycles. The van der Waals surface area contributed by atoms with E-state index in [0.717, 1.165) is 37.6 Å². The van der Waals surface area contributed by atoms with Crippen LogP contribution in [0.25, 0.3) is 32.0 Å². The quantitative estimate of drug-likeness (QED) is 0.332. The molecule has 8 nitrogen and oxygen atoms in total. The van der Waals surface area contributed by atoms with Crippen molar-refractivity contribution in [3.8, 4) is 27.6 Å². The lowest BCUT2D eigenvalue weighted by atomic mass is 10.1. The highest BCUT2D eigenvalue weighted by Gasteiger charge is 2.18. The second-order valence-corrected chi connectivity index (χ2v) is 8.81. The number of nitrogens with zero attached hydrogens (tertiary/aromatic N) is 4. The Hall–Kier alpha value is -4.24. The van der Waals surface area contributed by atoms with Gasteiger partial charge < -0.3 is 20.7 Å². The molecule has 0 fully saturated rings. The van der Waals surface area contributed by atoms with E-state index < -0.39 is 0 Å². The molecule has 0 bridgehead atoms. The minimum absolute atomic E-state index is 0.0828. The number of rotatable bonds is 7. The van der Waals surface area contributed by atoms with Gasteiger partial charge in [-0.3, -0.25) is 4.79 Å². The number of aromatic hydroxyl groups is 1. The number of hydrogen-bond acceptors (Lipinski definition) is 7. The Morgan fingerprint density at radius 3 is 2.62 bits per heavy atom. The number of anilines is 1. The molecule has 0 unspecified atom stereocenters. The smallest absolute Gasteiger partial charge is 0.224 e. The molecule has 0 radical (unpaired) electrons. The Balaban J connectivity index is 1.39. The third kappa shape index (κ3) is 4.46. The largest absolute Gasteiger partial charge is 0.508 e. The second kappa shape index (κ2) is 9.32. The Morgan fingerprint density at radius 1 is 1.06 bits per heavy atom.